The van der Waals surface area contributed by atoms with Crippen LogP contribution in [0.5, 0.6) is 0 Å². The third kappa shape index (κ3) is 4.62. The molecule has 25 heavy (non-hydrogen) atoms. The van der Waals surface area contributed by atoms with E-state index in [1.165, 1.54) is 5.56 Å². The Bertz CT molecular complexity index is 542. The van der Waals surface area contributed by atoms with E-state index in [0.717, 1.165) is 70.3 Å². The van der Waals surface area contributed by atoms with E-state index in [2.05, 4.69) is 24.0 Å². The second-order valence-corrected chi connectivity index (χ2v) is 7.44. The standard InChI is InChI=1S/C21H32N2O2/c1-3-4-17-5-7-18(8-6-17)21(24)23-13-9-19(10-14-23)22-15-11-20(25-2)12-16-22/h5-8,19-20H,3-4,9-16H2,1-2H3. The van der Waals surface area contributed by atoms with E-state index in [4.69, 9.17) is 4.74 Å². The molecule has 2 saturated heterocycles. The lowest BCUT2D eigenvalue weighted by Crippen LogP contribution is -2.49. The van der Waals surface area contributed by atoms with Crippen LogP contribution in [-0.2, 0) is 11.2 Å². The van der Waals surface area contributed by atoms with Gasteiger partial charge in [-0.15, -0.1) is 0 Å². The van der Waals surface area contributed by atoms with Crippen molar-refractivity contribution in [1.29, 1.82) is 0 Å². The smallest absolute Gasteiger partial charge is 0.253 e. The van der Waals surface area contributed by atoms with E-state index in [1.54, 1.807) is 0 Å². The van der Waals surface area contributed by atoms with E-state index in [-0.39, 0.29) is 5.91 Å². The number of nitrogens with zero attached hydrogens (tertiary/aromatic N) is 2. The number of rotatable bonds is 5. The summed E-state index contributed by atoms with van der Waals surface area (Å²) in [7, 11) is 1.82. The largest absolute Gasteiger partial charge is 0.381 e. The Morgan fingerprint density at radius 2 is 1.68 bits per heavy atom. The highest BCUT2D eigenvalue weighted by molar-refractivity contribution is 5.94. The Morgan fingerprint density at radius 3 is 2.24 bits per heavy atom. The number of carbonyl (C=O) groups is 1. The summed E-state index contributed by atoms with van der Waals surface area (Å²) in [5, 5.41) is 0. The summed E-state index contributed by atoms with van der Waals surface area (Å²) in [4.78, 5) is 17.4. The first-order valence-electron chi connectivity index (χ1n) is 9.86. The number of ether oxygens (including phenoxy) is 1. The van der Waals surface area contributed by atoms with Gasteiger partial charge in [0, 0.05) is 44.9 Å². The predicted octanol–water partition coefficient (Wildman–Crippen LogP) is 3.35. The topological polar surface area (TPSA) is 32.8 Å². The number of amides is 1. The van der Waals surface area contributed by atoms with Crippen LogP contribution in [0.2, 0.25) is 0 Å². The molecule has 1 aromatic rings. The van der Waals surface area contributed by atoms with Gasteiger partial charge in [0.25, 0.3) is 5.91 Å². The van der Waals surface area contributed by atoms with Gasteiger partial charge in [0.1, 0.15) is 0 Å². The Labute approximate surface area is 152 Å². The van der Waals surface area contributed by atoms with Crippen LogP contribution < -0.4 is 0 Å². The minimum absolute atomic E-state index is 0.194. The van der Waals surface area contributed by atoms with Crippen molar-refractivity contribution >= 4 is 5.91 Å². The zero-order chi connectivity index (χ0) is 17.6. The van der Waals surface area contributed by atoms with Gasteiger partial charge < -0.3 is 14.5 Å². The zero-order valence-electron chi connectivity index (χ0n) is 15.7. The highest BCUT2D eigenvalue weighted by Crippen LogP contribution is 2.23. The van der Waals surface area contributed by atoms with Crippen molar-refractivity contribution in [2.75, 3.05) is 33.3 Å². The second kappa shape index (κ2) is 8.81. The maximum absolute atomic E-state index is 12.7. The number of methoxy groups -OCH3 is 1. The zero-order valence-corrected chi connectivity index (χ0v) is 15.7. The second-order valence-electron chi connectivity index (χ2n) is 7.44. The Hall–Kier alpha value is -1.39. The number of benzene rings is 1. The number of hydrogen-bond donors (Lipinski definition) is 0. The first-order chi connectivity index (χ1) is 12.2. The number of hydrogen-bond acceptors (Lipinski definition) is 3. The summed E-state index contributed by atoms with van der Waals surface area (Å²) >= 11 is 0. The van der Waals surface area contributed by atoms with E-state index < -0.39 is 0 Å². The Morgan fingerprint density at radius 1 is 1.04 bits per heavy atom. The van der Waals surface area contributed by atoms with Crippen molar-refractivity contribution in [3.63, 3.8) is 0 Å². The van der Waals surface area contributed by atoms with Gasteiger partial charge in [0.2, 0.25) is 0 Å². The lowest BCUT2D eigenvalue weighted by atomic mass is 9.98. The van der Waals surface area contributed by atoms with Crippen LogP contribution in [0.4, 0.5) is 0 Å². The molecule has 2 fully saturated rings. The van der Waals surface area contributed by atoms with Gasteiger partial charge in [0.15, 0.2) is 0 Å². The molecule has 0 spiro atoms. The van der Waals surface area contributed by atoms with Crippen molar-refractivity contribution < 1.29 is 9.53 Å². The normalized spacial score (nSPS) is 20.8. The van der Waals surface area contributed by atoms with Crippen LogP contribution >= 0.6 is 0 Å². The highest BCUT2D eigenvalue weighted by Gasteiger charge is 2.29. The van der Waals surface area contributed by atoms with E-state index in [9.17, 15) is 4.79 Å². The summed E-state index contributed by atoms with van der Waals surface area (Å²) in [6.45, 7) is 6.21. The molecule has 2 aliphatic rings. The average molecular weight is 344 g/mol. The molecule has 0 saturated carbocycles. The van der Waals surface area contributed by atoms with Gasteiger partial charge in [-0.1, -0.05) is 25.5 Å². The van der Waals surface area contributed by atoms with E-state index >= 15 is 0 Å². The number of piperidine rings is 2. The Balaban J connectivity index is 1.49. The molecular formula is C21H32N2O2. The summed E-state index contributed by atoms with van der Waals surface area (Å²) < 4.78 is 5.47. The number of likely N-dealkylation sites (tertiary alicyclic amines) is 2. The molecule has 0 unspecified atom stereocenters. The molecular weight excluding hydrogens is 312 g/mol. The lowest BCUT2D eigenvalue weighted by Gasteiger charge is -2.41. The fourth-order valence-corrected chi connectivity index (χ4v) is 4.20. The molecule has 1 amide bonds. The summed E-state index contributed by atoms with van der Waals surface area (Å²) in [5.41, 5.74) is 2.15. The minimum atomic E-state index is 0.194. The van der Waals surface area contributed by atoms with Crippen LogP contribution in [0, 0.1) is 0 Å². The van der Waals surface area contributed by atoms with E-state index in [1.807, 2.05) is 24.1 Å². The van der Waals surface area contributed by atoms with Crippen molar-refractivity contribution in [2.45, 2.75) is 57.6 Å². The summed E-state index contributed by atoms with van der Waals surface area (Å²) in [6.07, 6.45) is 7.13. The van der Waals surface area contributed by atoms with Crippen molar-refractivity contribution in [3.05, 3.63) is 35.4 Å². The van der Waals surface area contributed by atoms with Gasteiger partial charge in [0.05, 0.1) is 6.10 Å². The predicted molar refractivity (Wildman–Crippen MR) is 101 cm³/mol. The third-order valence-electron chi connectivity index (χ3n) is 5.82. The molecule has 4 nitrogen and oxygen atoms in total. The van der Waals surface area contributed by atoms with Crippen LogP contribution in [0.1, 0.15) is 54.9 Å². The molecule has 0 N–H and O–H groups in total. The SMILES string of the molecule is CCCc1ccc(C(=O)N2CCC(N3CCC(OC)CC3)CC2)cc1. The molecule has 4 heteroatoms. The van der Waals surface area contributed by atoms with Gasteiger partial charge in [-0.3, -0.25) is 4.79 Å². The monoisotopic (exact) mass is 344 g/mol. The first kappa shape index (κ1) is 18.4. The average Bonchev–Trinajstić information content (AvgIpc) is 2.68. The lowest BCUT2D eigenvalue weighted by molar-refractivity contribution is 0.0145. The molecule has 0 bridgehead atoms. The van der Waals surface area contributed by atoms with Crippen molar-refractivity contribution in [1.82, 2.24) is 9.80 Å². The minimum Gasteiger partial charge on any atom is -0.381 e. The molecule has 2 aliphatic heterocycles. The fourth-order valence-electron chi connectivity index (χ4n) is 4.20. The van der Waals surface area contributed by atoms with Gasteiger partial charge in [-0.05, 0) is 49.8 Å². The Kier molecular flexibility index (Phi) is 6.49. The molecule has 0 aliphatic carbocycles. The maximum atomic E-state index is 12.7. The van der Waals surface area contributed by atoms with Crippen molar-refractivity contribution in [2.24, 2.45) is 0 Å². The maximum Gasteiger partial charge on any atom is 0.253 e. The molecule has 0 atom stereocenters. The van der Waals surface area contributed by atoms with Gasteiger partial charge >= 0.3 is 0 Å². The van der Waals surface area contributed by atoms with Gasteiger partial charge in [-0.2, -0.15) is 0 Å². The summed E-state index contributed by atoms with van der Waals surface area (Å²) in [5.74, 6) is 0.194. The molecule has 2 heterocycles. The number of aryl methyl sites for hydroxylation is 1. The van der Waals surface area contributed by atoms with Crippen LogP contribution in [0.25, 0.3) is 0 Å². The molecule has 0 aromatic heterocycles. The van der Waals surface area contributed by atoms with Crippen LogP contribution in [0.15, 0.2) is 24.3 Å². The number of carbonyl (C=O) groups excluding carboxylic acids is 1. The fraction of sp³-hybridized carbons (Fsp3) is 0.667. The molecule has 1 aromatic carbocycles. The third-order valence-corrected chi connectivity index (χ3v) is 5.82. The van der Waals surface area contributed by atoms with Gasteiger partial charge in [-0.25, -0.2) is 0 Å². The van der Waals surface area contributed by atoms with Crippen LogP contribution in [-0.4, -0.2) is 61.1 Å². The molecule has 0 radical (unpaired) electrons. The molecule has 138 valence electrons. The van der Waals surface area contributed by atoms with Crippen molar-refractivity contribution in [3.8, 4) is 0 Å². The first-order valence-corrected chi connectivity index (χ1v) is 9.86. The quantitative estimate of drug-likeness (QED) is 0.821. The molecule has 3 rings (SSSR count). The highest BCUT2D eigenvalue weighted by atomic mass is 16.5. The van der Waals surface area contributed by atoms with Crippen LogP contribution in [0.3, 0.4) is 0 Å². The summed E-state index contributed by atoms with van der Waals surface area (Å²) in [6, 6.07) is 8.82. The van der Waals surface area contributed by atoms with E-state index in [0.29, 0.717) is 12.1 Å².